The summed E-state index contributed by atoms with van der Waals surface area (Å²) in [4.78, 5) is 11.2. The zero-order valence-electron chi connectivity index (χ0n) is 17.7. The summed E-state index contributed by atoms with van der Waals surface area (Å²) in [6.07, 6.45) is 9.71. The Bertz CT molecular complexity index is 359. The molecule has 1 N–H and O–H groups in total. The standard InChI is InChI=1S/C22H43NO2/c1-8-19(9-2)16-18(6)17-20(22(7,11-4)12-5)25-15-13-14-23-21(24)10-3/h10,18-20H,3,8-9,11-17H2,1-2,4-7H3,(H,23,24). The Morgan fingerprint density at radius 3 is 2.24 bits per heavy atom. The van der Waals surface area contributed by atoms with Crippen LogP contribution in [0.5, 0.6) is 0 Å². The average Bonchev–Trinajstić information content (AvgIpc) is 2.63. The number of hydrogen-bond donors (Lipinski definition) is 1. The Balaban J connectivity index is 4.61. The van der Waals surface area contributed by atoms with Gasteiger partial charge in [-0.25, -0.2) is 0 Å². The minimum absolute atomic E-state index is 0.109. The lowest BCUT2D eigenvalue weighted by Crippen LogP contribution is -2.36. The Labute approximate surface area is 157 Å². The number of amides is 1. The van der Waals surface area contributed by atoms with Crippen molar-refractivity contribution in [3.8, 4) is 0 Å². The summed E-state index contributed by atoms with van der Waals surface area (Å²) in [5.74, 6) is 1.41. The molecule has 148 valence electrons. The molecule has 0 heterocycles. The molecule has 3 heteroatoms. The maximum Gasteiger partial charge on any atom is 0.243 e. The molecule has 0 radical (unpaired) electrons. The van der Waals surface area contributed by atoms with E-state index in [2.05, 4.69) is 53.4 Å². The third-order valence-corrected chi connectivity index (χ3v) is 6.02. The van der Waals surface area contributed by atoms with Crippen LogP contribution in [0.2, 0.25) is 0 Å². The minimum atomic E-state index is -0.109. The molecule has 0 aromatic carbocycles. The molecule has 0 bridgehead atoms. The highest BCUT2D eigenvalue weighted by molar-refractivity contribution is 5.86. The van der Waals surface area contributed by atoms with Crippen LogP contribution in [0.1, 0.15) is 86.5 Å². The summed E-state index contributed by atoms with van der Waals surface area (Å²) in [5, 5.41) is 2.82. The summed E-state index contributed by atoms with van der Waals surface area (Å²) >= 11 is 0. The lowest BCUT2D eigenvalue weighted by molar-refractivity contribution is -0.116. The van der Waals surface area contributed by atoms with Crippen molar-refractivity contribution >= 4 is 5.91 Å². The van der Waals surface area contributed by atoms with Gasteiger partial charge in [0.1, 0.15) is 0 Å². The molecule has 0 aliphatic carbocycles. The van der Waals surface area contributed by atoms with E-state index in [0.717, 1.165) is 31.6 Å². The van der Waals surface area contributed by atoms with Gasteiger partial charge in [-0.1, -0.05) is 61.0 Å². The molecule has 1 amide bonds. The van der Waals surface area contributed by atoms with Crippen LogP contribution in [-0.2, 0) is 9.53 Å². The highest BCUT2D eigenvalue weighted by Crippen LogP contribution is 2.37. The fourth-order valence-electron chi connectivity index (χ4n) is 3.49. The van der Waals surface area contributed by atoms with E-state index in [1.165, 1.54) is 25.3 Å². The number of rotatable bonds is 15. The largest absolute Gasteiger partial charge is 0.378 e. The quantitative estimate of drug-likeness (QED) is 0.301. The zero-order valence-corrected chi connectivity index (χ0v) is 17.7. The van der Waals surface area contributed by atoms with Crippen LogP contribution in [0.3, 0.4) is 0 Å². The van der Waals surface area contributed by atoms with E-state index in [-0.39, 0.29) is 11.3 Å². The Morgan fingerprint density at radius 2 is 1.76 bits per heavy atom. The molecule has 0 spiro atoms. The van der Waals surface area contributed by atoms with E-state index in [1.807, 2.05) is 0 Å². The molecule has 0 fully saturated rings. The Kier molecular flexibility index (Phi) is 12.9. The van der Waals surface area contributed by atoms with E-state index >= 15 is 0 Å². The Morgan fingerprint density at radius 1 is 1.16 bits per heavy atom. The van der Waals surface area contributed by atoms with Crippen LogP contribution in [0.4, 0.5) is 0 Å². The second-order valence-electron chi connectivity index (χ2n) is 7.83. The Hall–Kier alpha value is -0.830. The van der Waals surface area contributed by atoms with Crippen molar-refractivity contribution in [2.45, 2.75) is 92.6 Å². The van der Waals surface area contributed by atoms with Gasteiger partial charge in [-0.05, 0) is 55.4 Å². The van der Waals surface area contributed by atoms with Gasteiger partial charge >= 0.3 is 0 Å². The molecule has 0 aromatic rings. The second kappa shape index (κ2) is 13.4. The maximum atomic E-state index is 11.2. The molecule has 25 heavy (non-hydrogen) atoms. The first kappa shape index (κ1) is 24.2. The van der Waals surface area contributed by atoms with Crippen LogP contribution < -0.4 is 5.32 Å². The molecule has 2 atom stereocenters. The molecule has 3 nitrogen and oxygen atoms in total. The van der Waals surface area contributed by atoms with Crippen molar-refractivity contribution in [2.24, 2.45) is 17.3 Å². The normalized spacial score (nSPS) is 14.4. The third-order valence-electron chi connectivity index (χ3n) is 6.02. The molecule has 0 aliphatic heterocycles. The summed E-state index contributed by atoms with van der Waals surface area (Å²) in [5.41, 5.74) is 0.229. The van der Waals surface area contributed by atoms with Gasteiger partial charge in [-0.15, -0.1) is 0 Å². The first-order chi connectivity index (χ1) is 11.9. The lowest BCUT2D eigenvalue weighted by atomic mass is 9.74. The van der Waals surface area contributed by atoms with Crippen LogP contribution in [0, 0.1) is 17.3 Å². The summed E-state index contributed by atoms with van der Waals surface area (Å²) in [7, 11) is 0. The molecule has 0 aliphatic rings. The average molecular weight is 354 g/mol. The number of nitrogens with one attached hydrogen (secondary N) is 1. The predicted octanol–water partition coefficient (Wildman–Crippen LogP) is 5.74. The van der Waals surface area contributed by atoms with Gasteiger partial charge in [0.2, 0.25) is 5.91 Å². The number of ether oxygens (including phenoxy) is 1. The van der Waals surface area contributed by atoms with E-state index in [1.54, 1.807) is 0 Å². The zero-order chi connectivity index (χ0) is 19.3. The van der Waals surface area contributed by atoms with Crippen LogP contribution in [-0.4, -0.2) is 25.2 Å². The fourth-order valence-corrected chi connectivity index (χ4v) is 3.49. The van der Waals surface area contributed by atoms with Crippen molar-refractivity contribution in [2.75, 3.05) is 13.2 Å². The number of carbonyl (C=O) groups is 1. The summed E-state index contributed by atoms with van der Waals surface area (Å²) in [6.45, 7) is 18.7. The minimum Gasteiger partial charge on any atom is -0.378 e. The number of carbonyl (C=O) groups excluding carboxylic acids is 1. The molecule has 0 aromatic heterocycles. The second-order valence-corrected chi connectivity index (χ2v) is 7.83. The van der Waals surface area contributed by atoms with E-state index in [4.69, 9.17) is 4.74 Å². The van der Waals surface area contributed by atoms with Gasteiger partial charge < -0.3 is 10.1 Å². The number of hydrogen-bond acceptors (Lipinski definition) is 2. The SMILES string of the molecule is C=CC(=O)NCCCOC(CC(C)CC(CC)CC)C(C)(CC)CC. The van der Waals surface area contributed by atoms with Crippen molar-refractivity contribution in [3.05, 3.63) is 12.7 Å². The van der Waals surface area contributed by atoms with Gasteiger partial charge in [0.25, 0.3) is 0 Å². The molecule has 0 rings (SSSR count). The van der Waals surface area contributed by atoms with Gasteiger partial charge in [0.15, 0.2) is 0 Å². The van der Waals surface area contributed by atoms with Crippen LogP contribution in [0.15, 0.2) is 12.7 Å². The monoisotopic (exact) mass is 353 g/mol. The molecular weight excluding hydrogens is 310 g/mol. The molecule has 2 unspecified atom stereocenters. The first-order valence-electron chi connectivity index (χ1n) is 10.4. The van der Waals surface area contributed by atoms with Gasteiger partial charge in [-0.2, -0.15) is 0 Å². The smallest absolute Gasteiger partial charge is 0.243 e. The molecular formula is C22H43NO2. The van der Waals surface area contributed by atoms with Crippen LogP contribution in [0.25, 0.3) is 0 Å². The predicted molar refractivity (Wildman–Crippen MR) is 109 cm³/mol. The van der Waals surface area contributed by atoms with Crippen molar-refractivity contribution in [3.63, 3.8) is 0 Å². The van der Waals surface area contributed by atoms with Gasteiger partial charge in [-0.3, -0.25) is 4.79 Å². The van der Waals surface area contributed by atoms with E-state index in [0.29, 0.717) is 25.2 Å². The molecule has 0 saturated carbocycles. The van der Waals surface area contributed by atoms with Gasteiger partial charge in [0.05, 0.1) is 6.10 Å². The maximum absolute atomic E-state index is 11.2. The van der Waals surface area contributed by atoms with Crippen molar-refractivity contribution in [1.29, 1.82) is 0 Å². The van der Waals surface area contributed by atoms with E-state index < -0.39 is 0 Å². The van der Waals surface area contributed by atoms with E-state index in [9.17, 15) is 4.79 Å². The van der Waals surface area contributed by atoms with Crippen LogP contribution >= 0.6 is 0 Å². The summed E-state index contributed by atoms with van der Waals surface area (Å²) < 4.78 is 6.35. The van der Waals surface area contributed by atoms with Crippen molar-refractivity contribution in [1.82, 2.24) is 5.32 Å². The highest BCUT2D eigenvalue weighted by atomic mass is 16.5. The highest BCUT2D eigenvalue weighted by Gasteiger charge is 2.33. The fraction of sp³-hybridized carbons (Fsp3) is 0.864. The summed E-state index contributed by atoms with van der Waals surface area (Å²) in [6, 6.07) is 0. The van der Waals surface area contributed by atoms with Crippen molar-refractivity contribution < 1.29 is 9.53 Å². The first-order valence-corrected chi connectivity index (χ1v) is 10.4. The third kappa shape index (κ3) is 9.44. The topological polar surface area (TPSA) is 38.3 Å². The van der Waals surface area contributed by atoms with Gasteiger partial charge in [0, 0.05) is 13.2 Å². The molecule has 0 saturated heterocycles. The lowest BCUT2D eigenvalue weighted by Gasteiger charge is -2.38.